The molecule has 100 valence electrons. The number of likely N-dealkylation sites (N-methyl/N-ethyl adjacent to an activating group) is 1. The average Bonchev–Trinajstić information content (AvgIpc) is 2.93. The molecule has 0 bridgehead atoms. The number of nitrogens with zero attached hydrogens (tertiary/aromatic N) is 2. The van der Waals surface area contributed by atoms with Crippen LogP contribution in [-0.4, -0.2) is 17.5 Å². The molecule has 0 aliphatic carbocycles. The first-order valence-corrected chi connectivity index (χ1v) is 7.00. The van der Waals surface area contributed by atoms with Crippen molar-refractivity contribution < 1.29 is 4.79 Å². The van der Waals surface area contributed by atoms with Gasteiger partial charge in [0, 0.05) is 28.2 Å². The molecule has 0 fully saturated rings. The van der Waals surface area contributed by atoms with Crippen molar-refractivity contribution in [3.05, 3.63) is 57.4 Å². The molecule has 0 unspecified atom stereocenters. The first kappa shape index (κ1) is 14.3. The minimum Gasteiger partial charge on any atom is -0.354 e. The maximum atomic E-state index is 11.5. The molecule has 0 saturated carbocycles. The molecule has 2 rings (SSSR count). The van der Waals surface area contributed by atoms with Crippen LogP contribution >= 0.6 is 22.6 Å². The summed E-state index contributed by atoms with van der Waals surface area (Å²) >= 11 is 2.25. The number of aromatic nitrogens is 1. The zero-order valence-corrected chi connectivity index (χ0v) is 13.0. The standard InChI is InChI=1S/C15H12IN3O/c1-18-15(20)11(10-17)9-14-3-2-8-19(14)13-6-4-12(16)5-7-13/h2-9H,1H3,(H,18,20)/b11-9+. The van der Waals surface area contributed by atoms with Crippen molar-refractivity contribution in [1.82, 2.24) is 9.88 Å². The lowest BCUT2D eigenvalue weighted by molar-refractivity contribution is -0.116. The van der Waals surface area contributed by atoms with Gasteiger partial charge in [-0.15, -0.1) is 0 Å². The van der Waals surface area contributed by atoms with Gasteiger partial charge in [0.1, 0.15) is 11.6 Å². The number of hydrogen-bond donors (Lipinski definition) is 1. The highest BCUT2D eigenvalue weighted by atomic mass is 127. The van der Waals surface area contributed by atoms with Gasteiger partial charge in [0.05, 0.1) is 0 Å². The van der Waals surface area contributed by atoms with Crippen molar-refractivity contribution in [1.29, 1.82) is 5.26 Å². The Morgan fingerprint density at radius 1 is 1.35 bits per heavy atom. The van der Waals surface area contributed by atoms with Crippen molar-refractivity contribution >= 4 is 34.6 Å². The fourth-order valence-electron chi connectivity index (χ4n) is 1.78. The molecular formula is C15H12IN3O. The molecule has 0 aliphatic heterocycles. The maximum Gasteiger partial charge on any atom is 0.261 e. The Morgan fingerprint density at radius 3 is 2.65 bits per heavy atom. The van der Waals surface area contributed by atoms with E-state index in [9.17, 15) is 4.79 Å². The fourth-order valence-corrected chi connectivity index (χ4v) is 2.14. The monoisotopic (exact) mass is 377 g/mol. The number of halogens is 1. The van der Waals surface area contributed by atoms with Gasteiger partial charge in [-0.25, -0.2) is 0 Å². The van der Waals surface area contributed by atoms with E-state index < -0.39 is 0 Å². The highest BCUT2D eigenvalue weighted by molar-refractivity contribution is 14.1. The lowest BCUT2D eigenvalue weighted by Gasteiger charge is -2.07. The van der Waals surface area contributed by atoms with E-state index >= 15 is 0 Å². The summed E-state index contributed by atoms with van der Waals surface area (Å²) in [7, 11) is 1.51. The van der Waals surface area contributed by atoms with E-state index in [-0.39, 0.29) is 11.5 Å². The Balaban J connectivity index is 2.43. The van der Waals surface area contributed by atoms with Crippen LogP contribution in [0.15, 0.2) is 48.2 Å². The molecule has 0 spiro atoms. The van der Waals surface area contributed by atoms with Crippen molar-refractivity contribution in [2.75, 3.05) is 7.05 Å². The molecule has 0 saturated heterocycles. The Kier molecular flexibility index (Phi) is 4.58. The van der Waals surface area contributed by atoms with Gasteiger partial charge in [-0.05, 0) is 65.1 Å². The number of amides is 1. The summed E-state index contributed by atoms with van der Waals surface area (Å²) in [5.74, 6) is -0.386. The van der Waals surface area contributed by atoms with Crippen molar-refractivity contribution in [3.63, 3.8) is 0 Å². The largest absolute Gasteiger partial charge is 0.354 e. The van der Waals surface area contributed by atoms with Crippen molar-refractivity contribution in [2.45, 2.75) is 0 Å². The van der Waals surface area contributed by atoms with Crippen molar-refractivity contribution in [2.24, 2.45) is 0 Å². The normalized spacial score (nSPS) is 10.9. The highest BCUT2D eigenvalue weighted by Crippen LogP contribution is 2.17. The summed E-state index contributed by atoms with van der Waals surface area (Å²) in [6.45, 7) is 0. The number of carbonyl (C=O) groups is 1. The minimum atomic E-state index is -0.386. The Morgan fingerprint density at radius 2 is 2.05 bits per heavy atom. The van der Waals surface area contributed by atoms with Gasteiger partial charge >= 0.3 is 0 Å². The predicted octanol–water partition coefficient (Wildman–Crippen LogP) is 2.73. The van der Waals surface area contributed by atoms with Crippen LogP contribution in [0, 0.1) is 14.9 Å². The molecule has 4 nitrogen and oxygen atoms in total. The Labute approximate surface area is 130 Å². The number of nitrogens with one attached hydrogen (secondary N) is 1. The van der Waals surface area contributed by atoms with Gasteiger partial charge in [0.25, 0.3) is 5.91 Å². The summed E-state index contributed by atoms with van der Waals surface area (Å²) < 4.78 is 3.08. The van der Waals surface area contributed by atoms with Crippen LogP contribution in [0.25, 0.3) is 11.8 Å². The summed E-state index contributed by atoms with van der Waals surface area (Å²) in [4.78, 5) is 11.5. The van der Waals surface area contributed by atoms with E-state index in [0.29, 0.717) is 0 Å². The van der Waals surface area contributed by atoms with Crippen LogP contribution < -0.4 is 5.32 Å². The lowest BCUT2D eigenvalue weighted by Crippen LogP contribution is -2.19. The predicted molar refractivity (Wildman–Crippen MR) is 86.1 cm³/mol. The van der Waals surface area contributed by atoms with Gasteiger partial charge in [-0.3, -0.25) is 4.79 Å². The quantitative estimate of drug-likeness (QED) is 0.508. The van der Waals surface area contributed by atoms with Crippen LogP contribution in [-0.2, 0) is 4.79 Å². The number of nitriles is 1. The molecule has 0 atom stereocenters. The first-order chi connectivity index (χ1) is 9.65. The van der Waals surface area contributed by atoms with Gasteiger partial charge in [-0.2, -0.15) is 5.26 Å². The van der Waals surface area contributed by atoms with Gasteiger partial charge in [0.15, 0.2) is 0 Å². The van der Waals surface area contributed by atoms with Gasteiger partial charge < -0.3 is 9.88 Å². The second-order valence-electron chi connectivity index (χ2n) is 4.03. The summed E-state index contributed by atoms with van der Waals surface area (Å²) in [6.07, 6.45) is 3.48. The van der Waals surface area contributed by atoms with Crippen LogP contribution in [0.1, 0.15) is 5.69 Å². The Hall–Kier alpha value is -2.07. The third-order valence-electron chi connectivity index (χ3n) is 2.77. The number of benzene rings is 1. The van der Waals surface area contributed by atoms with E-state index in [2.05, 4.69) is 27.9 Å². The zero-order chi connectivity index (χ0) is 14.5. The second-order valence-corrected chi connectivity index (χ2v) is 5.27. The van der Waals surface area contributed by atoms with E-state index in [1.54, 1.807) is 6.08 Å². The van der Waals surface area contributed by atoms with Crippen molar-refractivity contribution in [3.8, 4) is 11.8 Å². The fraction of sp³-hybridized carbons (Fsp3) is 0.0667. The smallest absolute Gasteiger partial charge is 0.261 e. The summed E-state index contributed by atoms with van der Waals surface area (Å²) in [5.41, 5.74) is 1.85. The minimum absolute atomic E-state index is 0.0814. The van der Waals surface area contributed by atoms with Crippen LogP contribution in [0.5, 0.6) is 0 Å². The SMILES string of the molecule is CNC(=O)/C(C#N)=C/c1cccn1-c1ccc(I)cc1. The molecule has 0 radical (unpaired) electrons. The lowest BCUT2D eigenvalue weighted by atomic mass is 10.2. The summed E-state index contributed by atoms with van der Waals surface area (Å²) in [5, 5.41) is 11.5. The van der Waals surface area contributed by atoms with Crippen LogP contribution in [0.4, 0.5) is 0 Å². The molecule has 2 aromatic rings. The van der Waals surface area contributed by atoms with E-state index in [1.807, 2.05) is 53.2 Å². The van der Waals surface area contributed by atoms with Crippen LogP contribution in [0.2, 0.25) is 0 Å². The molecular weight excluding hydrogens is 365 g/mol. The van der Waals surface area contributed by atoms with E-state index in [1.165, 1.54) is 7.05 Å². The molecule has 20 heavy (non-hydrogen) atoms. The number of rotatable bonds is 3. The topological polar surface area (TPSA) is 57.8 Å². The molecule has 1 N–H and O–H groups in total. The molecule has 1 heterocycles. The zero-order valence-electron chi connectivity index (χ0n) is 10.8. The number of hydrogen-bond acceptors (Lipinski definition) is 2. The van der Waals surface area contributed by atoms with E-state index in [0.717, 1.165) is 15.0 Å². The molecule has 1 amide bonds. The highest BCUT2D eigenvalue weighted by Gasteiger charge is 2.08. The third-order valence-corrected chi connectivity index (χ3v) is 3.49. The van der Waals surface area contributed by atoms with Crippen LogP contribution in [0.3, 0.4) is 0 Å². The molecule has 1 aromatic carbocycles. The van der Waals surface area contributed by atoms with E-state index in [4.69, 9.17) is 5.26 Å². The average molecular weight is 377 g/mol. The summed E-state index contributed by atoms with van der Waals surface area (Å²) in [6, 6.07) is 13.6. The number of carbonyl (C=O) groups excluding carboxylic acids is 1. The Bertz CT molecular complexity index is 693. The maximum absolute atomic E-state index is 11.5. The second kappa shape index (κ2) is 6.39. The molecule has 0 aliphatic rings. The third kappa shape index (κ3) is 3.08. The molecule has 5 heteroatoms. The van der Waals surface area contributed by atoms with Gasteiger partial charge in [-0.1, -0.05) is 0 Å². The first-order valence-electron chi connectivity index (χ1n) is 5.93. The molecule has 1 aromatic heterocycles. The van der Waals surface area contributed by atoms with Gasteiger partial charge in [0.2, 0.25) is 0 Å².